The van der Waals surface area contributed by atoms with Crippen LogP contribution in [0, 0.1) is 13.8 Å². The number of aromatic nitrogens is 2. The molecule has 0 bridgehead atoms. The Labute approximate surface area is 166 Å². The van der Waals surface area contributed by atoms with Crippen molar-refractivity contribution >= 4 is 23.2 Å². The van der Waals surface area contributed by atoms with Gasteiger partial charge in [0.2, 0.25) is 17.6 Å². The first kappa shape index (κ1) is 19.8. The Kier molecular flexibility index (Phi) is 6.20. The maximum absolute atomic E-state index is 12.3. The molecular weight excluding hydrogens is 378 g/mol. The Morgan fingerprint density at radius 3 is 2.79 bits per heavy atom. The summed E-state index contributed by atoms with van der Waals surface area (Å²) < 4.78 is 5.21. The van der Waals surface area contributed by atoms with Crippen LogP contribution < -0.4 is 5.32 Å². The molecule has 1 aromatic carbocycles. The molecule has 0 aliphatic rings. The lowest BCUT2D eigenvalue weighted by atomic mass is 9.97. The SMILES string of the molecule is Cc1cccc(C(NC(=O)CCCc2nc(-c3cccs3)no2)C(=O)O)c1C. The van der Waals surface area contributed by atoms with Gasteiger partial charge in [-0.3, -0.25) is 4.79 Å². The van der Waals surface area contributed by atoms with Gasteiger partial charge in [-0.1, -0.05) is 29.4 Å². The van der Waals surface area contributed by atoms with Gasteiger partial charge in [-0.15, -0.1) is 11.3 Å². The molecular formula is C20H21N3O4S. The summed E-state index contributed by atoms with van der Waals surface area (Å²) in [5, 5.41) is 18.0. The van der Waals surface area contributed by atoms with Crippen LogP contribution in [-0.4, -0.2) is 27.1 Å². The number of nitrogens with zero attached hydrogens (tertiary/aromatic N) is 2. The van der Waals surface area contributed by atoms with Crippen molar-refractivity contribution in [3.8, 4) is 10.7 Å². The van der Waals surface area contributed by atoms with E-state index >= 15 is 0 Å². The van der Waals surface area contributed by atoms with Gasteiger partial charge in [-0.2, -0.15) is 4.98 Å². The van der Waals surface area contributed by atoms with Gasteiger partial charge in [-0.25, -0.2) is 4.79 Å². The molecule has 146 valence electrons. The molecule has 1 atom stereocenters. The van der Waals surface area contributed by atoms with E-state index in [2.05, 4.69) is 15.5 Å². The molecule has 2 N–H and O–H groups in total. The normalized spacial score (nSPS) is 11.9. The van der Waals surface area contributed by atoms with Crippen molar-refractivity contribution < 1.29 is 19.2 Å². The van der Waals surface area contributed by atoms with E-state index in [0.717, 1.165) is 16.0 Å². The second-order valence-corrected chi connectivity index (χ2v) is 7.42. The van der Waals surface area contributed by atoms with Crippen LogP contribution in [0.2, 0.25) is 0 Å². The first-order valence-electron chi connectivity index (χ1n) is 8.90. The Balaban J connectivity index is 1.55. The van der Waals surface area contributed by atoms with Crippen molar-refractivity contribution in [1.82, 2.24) is 15.5 Å². The van der Waals surface area contributed by atoms with Gasteiger partial charge < -0.3 is 14.9 Å². The van der Waals surface area contributed by atoms with Crippen LogP contribution in [0.5, 0.6) is 0 Å². The highest BCUT2D eigenvalue weighted by molar-refractivity contribution is 7.13. The third-order valence-corrected chi connectivity index (χ3v) is 5.38. The van der Waals surface area contributed by atoms with E-state index in [-0.39, 0.29) is 12.3 Å². The Hall–Kier alpha value is -3.00. The molecule has 2 aromatic heterocycles. The topological polar surface area (TPSA) is 105 Å². The van der Waals surface area contributed by atoms with Gasteiger partial charge in [0.25, 0.3) is 0 Å². The lowest BCUT2D eigenvalue weighted by Gasteiger charge is -2.18. The molecule has 0 spiro atoms. The molecule has 0 aliphatic heterocycles. The molecule has 0 aliphatic carbocycles. The number of benzene rings is 1. The van der Waals surface area contributed by atoms with Crippen LogP contribution in [0.3, 0.4) is 0 Å². The van der Waals surface area contributed by atoms with Gasteiger partial charge >= 0.3 is 5.97 Å². The number of carbonyl (C=O) groups is 2. The lowest BCUT2D eigenvalue weighted by Crippen LogP contribution is -2.34. The molecule has 28 heavy (non-hydrogen) atoms. The molecule has 8 heteroatoms. The van der Waals surface area contributed by atoms with E-state index in [1.54, 1.807) is 12.1 Å². The number of aliphatic carboxylic acids is 1. The molecule has 1 unspecified atom stereocenters. The second-order valence-electron chi connectivity index (χ2n) is 6.47. The maximum Gasteiger partial charge on any atom is 0.330 e. The molecule has 0 saturated heterocycles. The number of amides is 1. The van der Waals surface area contributed by atoms with Crippen LogP contribution in [0.4, 0.5) is 0 Å². The first-order valence-corrected chi connectivity index (χ1v) is 9.78. The Morgan fingerprint density at radius 2 is 2.07 bits per heavy atom. The second kappa shape index (κ2) is 8.79. The zero-order valence-electron chi connectivity index (χ0n) is 15.6. The van der Waals surface area contributed by atoms with Crippen molar-refractivity contribution in [2.24, 2.45) is 0 Å². The third-order valence-electron chi connectivity index (χ3n) is 4.51. The van der Waals surface area contributed by atoms with E-state index in [1.165, 1.54) is 11.3 Å². The minimum Gasteiger partial charge on any atom is -0.479 e. The fraction of sp³-hybridized carbons (Fsp3) is 0.300. The van der Waals surface area contributed by atoms with E-state index < -0.39 is 12.0 Å². The van der Waals surface area contributed by atoms with E-state index in [0.29, 0.717) is 30.1 Å². The van der Waals surface area contributed by atoms with Gasteiger partial charge in [0, 0.05) is 12.8 Å². The number of thiophene rings is 1. The Morgan fingerprint density at radius 1 is 1.25 bits per heavy atom. The van der Waals surface area contributed by atoms with Crippen LogP contribution >= 0.6 is 11.3 Å². The molecule has 0 fully saturated rings. The molecule has 3 rings (SSSR count). The number of carbonyl (C=O) groups excluding carboxylic acids is 1. The van der Waals surface area contributed by atoms with Crippen molar-refractivity contribution in [2.75, 3.05) is 0 Å². The number of hydrogen-bond acceptors (Lipinski definition) is 6. The highest BCUT2D eigenvalue weighted by atomic mass is 32.1. The van der Waals surface area contributed by atoms with Gasteiger partial charge in [0.1, 0.15) is 0 Å². The molecule has 3 aromatic rings. The Bertz CT molecular complexity index is 966. The predicted molar refractivity (Wildman–Crippen MR) is 105 cm³/mol. The van der Waals surface area contributed by atoms with Crippen molar-refractivity contribution in [3.05, 3.63) is 58.3 Å². The summed E-state index contributed by atoms with van der Waals surface area (Å²) in [6, 6.07) is 8.18. The fourth-order valence-corrected chi connectivity index (χ4v) is 3.50. The number of hydrogen-bond donors (Lipinski definition) is 2. The molecule has 1 amide bonds. The fourth-order valence-electron chi connectivity index (χ4n) is 2.85. The first-order chi connectivity index (χ1) is 13.5. The third kappa shape index (κ3) is 4.64. The van der Waals surface area contributed by atoms with E-state index in [1.807, 2.05) is 37.4 Å². The number of nitrogens with one attached hydrogen (secondary N) is 1. The standard InChI is InChI=1S/C20H21N3O4S/c1-12-6-3-7-14(13(12)2)18(20(25)26)21-16(24)9-4-10-17-22-19(23-27-17)15-8-5-11-28-15/h3,5-8,11,18H,4,9-10H2,1-2H3,(H,21,24)(H,25,26). The quantitative estimate of drug-likeness (QED) is 0.599. The van der Waals surface area contributed by atoms with Gasteiger partial charge in [0.05, 0.1) is 4.88 Å². The lowest BCUT2D eigenvalue weighted by molar-refractivity contribution is -0.142. The van der Waals surface area contributed by atoms with E-state index in [4.69, 9.17) is 4.52 Å². The largest absolute Gasteiger partial charge is 0.479 e. The summed E-state index contributed by atoms with van der Waals surface area (Å²) in [6.45, 7) is 3.77. The number of aryl methyl sites for hydroxylation is 2. The summed E-state index contributed by atoms with van der Waals surface area (Å²) >= 11 is 1.52. The van der Waals surface area contributed by atoms with Gasteiger partial charge in [0.15, 0.2) is 6.04 Å². The zero-order valence-corrected chi connectivity index (χ0v) is 16.5. The van der Waals surface area contributed by atoms with Crippen molar-refractivity contribution in [2.45, 2.75) is 39.2 Å². The average molecular weight is 399 g/mol. The van der Waals surface area contributed by atoms with Crippen LogP contribution in [-0.2, 0) is 16.0 Å². The monoisotopic (exact) mass is 399 g/mol. The van der Waals surface area contributed by atoms with Crippen LogP contribution in [0.1, 0.15) is 41.5 Å². The van der Waals surface area contributed by atoms with Gasteiger partial charge in [-0.05, 0) is 48.4 Å². The maximum atomic E-state index is 12.3. The molecule has 7 nitrogen and oxygen atoms in total. The molecule has 0 radical (unpaired) electrons. The minimum atomic E-state index is -1.08. The predicted octanol–water partition coefficient (Wildman–Crippen LogP) is 3.68. The summed E-state index contributed by atoms with van der Waals surface area (Å²) in [7, 11) is 0. The highest BCUT2D eigenvalue weighted by Gasteiger charge is 2.24. The zero-order chi connectivity index (χ0) is 20.1. The molecule has 2 heterocycles. The van der Waals surface area contributed by atoms with Crippen molar-refractivity contribution in [3.63, 3.8) is 0 Å². The number of rotatable bonds is 8. The summed E-state index contributed by atoms with van der Waals surface area (Å²) in [6.07, 6.45) is 1.11. The van der Waals surface area contributed by atoms with Crippen LogP contribution in [0.15, 0.2) is 40.2 Å². The smallest absolute Gasteiger partial charge is 0.330 e. The molecule has 0 saturated carbocycles. The minimum absolute atomic E-state index is 0.172. The summed E-state index contributed by atoms with van der Waals surface area (Å²) in [5.74, 6) is -0.415. The van der Waals surface area contributed by atoms with E-state index in [9.17, 15) is 14.7 Å². The summed E-state index contributed by atoms with van der Waals surface area (Å²) in [5.41, 5.74) is 2.44. The highest BCUT2D eigenvalue weighted by Crippen LogP contribution is 2.22. The van der Waals surface area contributed by atoms with Crippen molar-refractivity contribution in [1.29, 1.82) is 0 Å². The number of carboxylic acid groups (broad SMARTS) is 1. The average Bonchev–Trinajstić information content (AvgIpc) is 3.33. The summed E-state index contributed by atoms with van der Waals surface area (Å²) in [4.78, 5) is 29.2. The number of carboxylic acids is 1. The van der Waals surface area contributed by atoms with Crippen LogP contribution in [0.25, 0.3) is 10.7 Å².